The standard InChI is InChI=1S/C64H50N4O8/c1-3-5-7-9-11-13-31-65-57(69)41-23-15-33-37-19-27-45-55-46(28-20-38(51(37)55)34-16-24-42(58(65)70)53(41)49(33)34)62(74)67(61(45)73)68-63(75)47-29-21-39-35-17-25-43-54-44(60(72)66(59(43)71)32-14-12-10-8-6-4-2)26-18-36(50(35)54)40-22-30-48(64(68)76)56(47)52(39)40/h15-30H,3-14,31-32H2,1-2H3. The summed E-state index contributed by atoms with van der Waals surface area (Å²) in [5, 5.41) is 12.0. The van der Waals surface area contributed by atoms with Crippen LogP contribution in [0.25, 0.3) is 86.2 Å². The van der Waals surface area contributed by atoms with E-state index in [2.05, 4.69) is 13.8 Å². The van der Waals surface area contributed by atoms with Crippen LogP contribution in [0, 0.1) is 0 Å². The lowest BCUT2D eigenvalue weighted by atomic mass is 9.82. The Morgan fingerprint density at radius 2 is 0.434 bits per heavy atom. The molecular formula is C64H50N4O8. The van der Waals surface area contributed by atoms with Gasteiger partial charge in [-0.3, -0.25) is 48.2 Å². The third-order valence-electron chi connectivity index (χ3n) is 17.1. The van der Waals surface area contributed by atoms with Gasteiger partial charge >= 0.3 is 0 Å². The molecule has 0 saturated carbocycles. The van der Waals surface area contributed by atoms with Crippen LogP contribution >= 0.6 is 0 Å². The lowest BCUT2D eigenvalue weighted by Gasteiger charge is -2.37. The molecule has 0 bridgehead atoms. The number of hydrogen-bond donors (Lipinski definition) is 0. The van der Waals surface area contributed by atoms with Crippen molar-refractivity contribution in [2.24, 2.45) is 0 Å². The minimum Gasteiger partial charge on any atom is -0.274 e. The van der Waals surface area contributed by atoms with Crippen molar-refractivity contribution in [2.75, 3.05) is 13.1 Å². The SMILES string of the molecule is CCCCCCCCN1C(=O)c2ccc3c4ccc5c6c(ccc(c7ccc(c2c37)C1=O)c64)C(=O)N(N1C(=O)c2ccc3c4ccc6c7c(ccc(c8ccc(c2c38)C1=O)c74)C(=O)N(CCCCCCCC)C6=O)C5=O. The fraction of sp³-hybridized carbons (Fsp3) is 0.250. The van der Waals surface area contributed by atoms with E-state index in [1.54, 1.807) is 72.8 Å². The summed E-state index contributed by atoms with van der Waals surface area (Å²) >= 11 is 0. The van der Waals surface area contributed by atoms with E-state index in [0.717, 1.165) is 131 Å². The molecule has 0 unspecified atom stereocenters. The maximum atomic E-state index is 15.0. The van der Waals surface area contributed by atoms with Gasteiger partial charge in [0, 0.05) is 56.9 Å². The van der Waals surface area contributed by atoms with Crippen molar-refractivity contribution in [2.45, 2.75) is 90.9 Å². The molecule has 76 heavy (non-hydrogen) atoms. The Bertz CT molecular complexity index is 3840. The molecule has 0 aliphatic carbocycles. The second-order valence-corrected chi connectivity index (χ2v) is 21.2. The molecule has 0 N–H and O–H groups in total. The summed E-state index contributed by atoms with van der Waals surface area (Å²) in [6.45, 7) is 5.03. The van der Waals surface area contributed by atoms with Gasteiger partial charge in [0.1, 0.15) is 0 Å². The van der Waals surface area contributed by atoms with Gasteiger partial charge in [0.2, 0.25) is 0 Å². The molecule has 0 radical (unpaired) electrons. The van der Waals surface area contributed by atoms with Gasteiger partial charge in [-0.25, -0.2) is 0 Å². The normalized spacial score (nSPS) is 15.6. The quantitative estimate of drug-likeness (QED) is 0.0426. The van der Waals surface area contributed by atoms with Crippen LogP contribution in [-0.4, -0.2) is 80.2 Å². The van der Waals surface area contributed by atoms with Gasteiger partial charge < -0.3 is 0 Å². The van der Waals surface area contributed by atoms with Gasteiger partial charge in [0.25, 0.3) is 47.3 Å². The van der Waals surface area contributed by atoms with E-state index >= 15 is 0 Å². The van der Waals surface area contributed by atoms with Crippen molar-refractivity contribution >= 4 is 133 Å². The Balaban J connectivity index is 0.822. The maximum Gasteiger partial charge on any atom is 0.281 e. The van der Waals surface area contributed by atoms with Crippen LogP contribution in [0.5, 0.6) is 0 Å². The molecule has 0 spiro atoms. The molecule has 4 aliphatic heterocycles. The molecule has 0 fully saturated rings. The zero-order valence-electron chi connectivity index (χ0n) is 42.2. The summed E-state index contributed by atoms with van der Waals surface area (Å²) in [7, 11) is 0. The highest BCUT2D eigenvalue weighted by Gasteiger charge is 2.47. The molecule has 0 saturated heterocycles. The highest BCUT2D eigenvalue weighted by Crippen LogP contribution is 2.49. The van der Waals surface area contributed by atoms with Crippen molar-refractivity contribution in [1.29, 1.82) is 0 Å². The fourth-order valence-corrected chi connectivity index (χ4v) is 13.5. The second kappa shape index (κ2) is 16.9. The maximum absolute atomic E-state index is 15.0. The average molecular weight is 1000 g/mol. The lowest BCUT2D eigenvalue weighted by Crippen LogP contribution is -2.58. The van der Waals surface area contributed by atoms with Crippen LogP contribution in [0.1, 0.15) is 174 Å². The predicted molar refractivity (Wildman–Crippen MR) is 294 cm³/mol. The highest BCUT2D eigenvalue weighted by molar-refractivity contribution is 6.44. The number of benzene rings is 10. The summed E-state index contributed by atoms with van der Waals surface area (Å²) in [5.74, 6) is -4.62. The summed E-state index contributed by atoms with van der Waals surface area (Å²) < 4.78 is 0. The van der Waals surface area contributed by atoms with Crippen LogP contribution in [0.2, 0.25) is 0 Å². The number of amides is 8. The average Bonchev–Trinajstić information content (AvgIpc) is 3.62. The number of hydrogen-bond acceptors (Lipinski definition) is 8. The molecule has 4 aliphatic rings. The zero-order chi connectivity index (χ0) is 52.0. The Morgan fingerprint density at radius 1 is 0.237 bits per heavy atom. The van der Waals surface area contributed by atoms with Gasteiger partial charge in [-0.1, -0.05) is 127 Å². The molecule has 0 atom stereocenters. The van der Waals surface area contributed by atoms with Crippen molar-refractivity contribution < 1.29 is 38.4 Å². The second-order valence-electron chi connectivity index (χ2n) is 21.2. The van der Waals surface area contributed by atoms with Gasteiger partial charge in [0.05, 0.1) is 22.3 Å². The number of carbonyl (C=O) groups excluding carboxylic acids is 8. The molecule has 12 heteroatoms. The number of hydrazine groups is 1. The summed E-state index contributed by atoms with van der Waals surface area (Å²) in [5.41, 5.74) is 2.37. The Kier molecular flexibility index (Phi) is 10.2. The third-order valence-corrected chi connectivity index (χ3v) is 17.1. The van der Waals surface area contributed by atoms with E-state index in [-0.39, 0.29) is 45.9 Å². The van der Waals surface area contributed by atoms with Crippen LogP contribution in [0.3, 0.4) is 0 Å². The smallest absolute Gasteiger partial charge is 0.274 e. The first kappa shape index (κ1) is 45.9. The number of carbonyl (C=O) groups is 8. The fourth-order valence-electron chi connectivity index (χ4n) is 13.5. The Hall–Kier alpha value is -8.64. The zero-order valence-corrected chi connectivity index (χ0v) is 42.2. The summed E-state index contributed by atoms with van der Waals surface area (Å²) in [4.78, 5) is 119. The first-order valence-electron chi connectivity index (χ1n) is 27.0. The molecular weight excluding hydrogens is 953 g/mol. The van der Waals surface area contributed by atoms with E-state index in [9.17, 15) is 38.4 Å². The Labute approximate surface area is 435 Å². The summed E-state index contributed by atoms with van der Waals surface area (Å²) in [6, 6.07) is 28.2. The monoisotopic (exact) mass is 1000 g/mol. The topological polar surface area (TPSA) is 150 Å². The van der Waals surface area contributed by atoms with Gasteiger partial charge in [-0.05, 0) is 126 Å². The molecule has 374 valence electrons. The van der Waals surface area contributed by atoms with Gasteiger partial charge in [-0.2, -0.15) is 10.0 Å². The number of fused-ring (bicyclic) bond motifs is 4. The molecule has 10 aromatic rings. The number of nitrogens with zero attached hydrogens (tertiary/aromatic N) is 4. The van der Waals surface area contributed by atoms with Crippen molar-refractivity contribution in [3.63, 3.8) is 0 Å². The number of imide groups is 4. The minimum atomic E-state index is -0.835. The van der Waals surface area contributed by atoms with E-state index < -0.39 is 23.6 Å². The molecule has 10 aromatic carbocycles. The first-order chi connectivity index (χ1) is 37.0. The van der Waals surface area contributed by atoms with Crippen molar-refractivity contribution in [1.82, 2.24) is 19.8 Å². The molecule has 14 rings (SSSR count). The van der Waals surface area contributed by atoms with Crippen LogP contribution in [-0.2, 0) is 0 Å². The van der Waals surface area contributed by atoms with Crippen LogP contribution < -0.4 is 0 Å². The molecule has 8 amide bonds. The molecule has 12 nitrogen and oxygen atoms in total. The molecule has 0 aromatic heterocycles. The van der Waals surface area contributed by atoms with Crippen molar-refractivity contribution in [3.8, 4) is 0 Å². The lowest BCUT2D eigenvalue weighted by molar-refractivity contribution is 0.00213. The minimum absolute atomic E-state index is 0.135. The number of unbranched alkanes of at least 4 members (excludes halogenated alkanes) is 10. The highest BCUT2D eigenvalue weighted by atomic mass is 16.2. The van der Waals surface area contributed by atoms with E-state index in [4.69, 9.17) is 0 Å². The van der Waals surface area contributed by atoms with E-state index in [0.29, 0.717) is 77.7 Å². The number of rotatable bonds is 15. The van der Waals surface area contributed by atoms with Crippen LogP contribution in [0.15, 0.2) is 97.1 Å². The van der Waals surface area contributed by atoms with Crippen molar-refractivity contribution in [3.05, 3.63) is 142 Å². The van der Waals surface area contributed by atoms with E-state index in [1.807, 2.05) is 24.3 Å². The molecule has 4 heterocycles. The predicted octanol–water partition coefficient (Wildman–Crippen LogP) is 13.5. The summed E-state index contributed by atoms with van der Waals surface area (Å²) in [6.07, 6.45) is 12.3. The van der Waals surface area contributed by atoms with Gasteiger partial charge in [-0.15, -0.1) is 0 Å². The third kappa shape index (κ3) is 6.06. The first-order valence-corrected chi connectivity index (χ1v) is 27.0. The van der Waals surface area contributed by atoms with Crippen LogP contribution in [0.4, 0.5) is 0 Å². The Morgan fingerprint density at radius 3 is 0.658 bits per heavy atom. The van der Waals surface area contributed by atoms with Gasteiger partial charge in [0.15, 0.2) is 0 Å². The largest absolute Gasteiger partial charge is 0.281 e. The van der Waals surface area contributed by atoms with E-state index in [1.165, 1.54) is 9.80 Å².